The Bertz CT molecular complexity index is 822. The Labute approximate surface area is 147 Å². The number of nitrogens with one attached hydrogen (secondary N) is 1. The van der Waals surface area contributed by atoms with Gasteiger partial charge >= 0.3 is 6.03 Å². The largest absolute Gasteiger partial charge is 0.489 e. The maximum absolute atomic E-state index is 12.2. The van der Waals surface area contributed by atoms with Gasteiger partial charge in [-0.25, -0.2) is 4.79 Å². The average Bonchev–Trinajstić information content (AvgIpc) is 3.46. The van der Waals surface area contributed by atoms with Crippen molar-refractivity contribution in [3.63, 3.8) is 0 Å². The number of carbonyl (C=O) groups is 1. The Morgan fingerprint density at radius 1 is 1.32 bits per heavy atom. The third kappa shape index (κ3) is 4.30. The molecule has 1 aliphatic carbocycles. The first-order chi connectivity index (χ1) is 12.1. The summed E-state index contributed by atoms with van der Waals surface area (Å²) in [6, 6.07) is 15.4. The molecule has 1 fully saturated rings. The highest BCUT2D eigenvalue weighted by Crippen LogP contribution is 2.27. The summed E-state index contributed by atoms with van der Waals surface area (Å²) in [5.41, 5.74) is 3.30. The topological polar surface area (TPSA) is 65.4 Å². The fourth-order valence-corrected chi connectivity index (χ4v) is 2.59. The van der Waals surface area contributed by atoms with Crippen LogP contribution in [0.25, 0.3) is 0 Å². The molecule has 25 heavy (non-hydrogen) atoms. The molecule has 128 valence electrons. The van der Waals surface area contributed by atoms with Crippen molar-refractivity contribution in [1.82, 2.24) is 4.90 Å². The molecular formula is C20H21N3O2. The van der Waals surface area contributed by atoms with Gasteiger partial charge in [0.15, 0.2) is 0 Å². The van der Waals surface area contributed by atoms with E-state index in [0.29, 0.717) is 18.2 Å². The standard InChI is InChI=1S/C20H21N3O2/c1-14-10-18(25-13-16-5-3-4-15(11-16)12-21)8-9-19(14)22-20(24)23(2)17-6-7-17/h3-5,8-11,17H,6-7,13H2,1-2H3,(H,22,24). The van der Waals surface area contributed by atoms with Gasteiger partial charge in [0.2, 0.25) is 0 Å². The molecule has 0 aliphatic heterocycles. The molecular weight excluding hydrogens is 314 g/mol. The molecule has 0 aromatic heterocycles. The first kappa shape index (κ1) is 16.8. The molecule has 2 aromatic rings. The van der Waals surface area contributed by atoms with Crippen LogP contribution in [0.2, 0.25) is 0 Å². The fourth-order valence-electron chi connectivity index (χ4n) is 2.59. The van der Waals surface area contributed by atoms with Crippen LogP contribution in [-0.4, -0.2) is 24.0 Å². The SMILES string of the molecule is Cc1cc(OCc2cccc(C#N)c2)ccc1NC(=O)N(C)C1CC1. The summed E-state index contributed by atoms with van der Waals surface area (Å²) in [7, 11) is 1.83. The van der Waals surface area contributed by atoms with Gasteiger partial charge in [-0.1, -0.05) is 12.1 Å². The summed E-state index contributed by atoms with van der Waals surface area (Å²) in [4.78, 5) is 13.9. The van der Waals surface area contributed by atoms with Crippen LogP contribution in [0.3, 0.4) is 0 Å². The van der Waals surface area contributed by atoms with E-state index in [1.165, 1.54) is 0 Å². The van der Waals surface area contributed by atoms with Gasteiger partial charge in [-0.05, 0) is 61.2 Å². The second-order valence-electron chi connectivity index (χ2n) is 6.35. The van der Waals surface area contributed by atoms with Crippen molar-refractivity contribution in [3.8, 4) is 11.8 Å². The van der Waals surface area contributed by atoms with E-state index in [0.717, 1.165) is 35.4 Å². The van der Waals surface area contributed by atoms with Crippen molar-refractivity contribution >= 4 is 11.7 Å². The fraction of sp³-hybridized carbons (Fsp3) is 0.300. The van der Waals surface area contributed by atoms with Gasteiger partial charge in [-0.3, -0.25) is 0 Å². The van der Waals surface area contributed by atoms with Gasteiger partial charge in [0, 0.05) is 18.8 Å². The third-order valence-corrected chi connectivity index (χ3v) is 4.32. The molecule has 0 heterocycles. The molecule has 1 aliphatic rings. The smallest absolute Gasteiger partial charge is 0.321 e. The zero-order valence-corrected chi connectivity index (χ0v) is 14.5. The van der Waals surface area contributed by atoms with E-state index in [9.17, 15) is 4.79 Å². The van der Waals surface area contributed by atoms with Crippen LogP contribution >= 0.6 is 0 Å². The highest BCUT2D eigenvalue weighted by atomic mass is 16.5. The van der Waals surface area contributed by atoms with Crippen molar-refractivity contribution in [2.24, 2.45) is 0 Å². The molecule has 0 spiro atoms. The molecule has 2 amide bonds. The predicted octanol–water partition coefficient (Wildman–Crippen LogP) is 4.07. The van der Waals surface area contributed by atoms with Crippen molar-refractivity contribution < 1.29 is 9.53 Å². The van der Waals surface area contributed by atoms with Crippen LogP contribution in [0.1, 0.15) is 29.5 Å². The molecule has 0 unspecified atom stereocenters. The number of hydrogen-bond donors (Lipinski definition) is 1. The molecule has 3 rings (SSSR count). The van der Waals surface area contributed by atoms with Crippen LogP contribution in [0, 0.1) is 18.3 Å². The Morgan fingerprint density at radius 2 is 2.12 bits per heavy atom. The van der Waals surface area contributed by atoms with Crippen molar-refractivity contribution in [3.05, 3.63) is 59.2 Å². The maximum atomic E-state index is 12.2. The van der Waals surface area contributed by atoms with E-state index in [1.54, 1.807) is 11.0 Å². The zero-order valence-electron chi connectivity index (χ0n) is 14.5. The summed E-state index contributed by atoms with van der Waals surface area (Å²) >= 11 is 0. The zero-order chi connectivity index (χ0) is 17.8. The normalized spacial score (nSPS) is 13.0. The molecule has 1 N–H and O–H groups in total. The van der Waals surface area contributed by atoms with E-state index in [1.807, 2.05) is 50.4 Å². The number of rotatable bonds is 5. The number of ether oxygens (including phenoxy) is 1. The van der Waals surface area contributed by atoms with Gasteiger partial charge in [0.05, 0.1) is 11.6 Å². The van der Waals surface area contributed by atoms with E-state index < -0.39 is 0 Å². The molecule has 0 bridgehead atoms. The number of aryl methyl sites for hydroxylation is 1. The number of carbonyl (C=O) groups excluding carboxylic acids is 1. The summed E-state index contributed by atoms with van der Waals surface area (Å²) in [5.74, 6) is 0.730. The summed E-state index contributed by atoms with van der Waals surface area (Å²) in [6.07, 6.45) is 2.17. The van der Waals surface area contributed by atoms with E-state index in [4.69, 9.17) is 10.00 Å². The summed E-state index contributed by atoms with van der Waals surface area (Å²) < 4.78 is 5.80. The van der Waals surface area contributed by atoms with Crippen molar-refractivity contribution in [1.29, 1.82) is 5.26 Å². The predicted molar refractivity (Wildman–Crippen MR) is 96.5 cm³/mol. The Kier molecular flexibility index (Phi) is 4.90. The highest BCUT2D eigenvalue weighted by Gasteiger charge is 2.29. The Hall–Kier alpha value is -3.00. The first-order valence-corrected chi connectivity index (χ1v) is 8.33. The second-order valence-corrected chi connectivity index (χ2v) is 6.35. The summed E-state index contributed by atoms with van der Waals surface area (Å²) in [5, 5.41) is 11.9. The maximum Gasteiger partial charge on any atom is 0.321 e. The molecule has 0 radical (unpaired) electrons. The van der Waals surface area contributed by atoms with Crippen LogP contribution in [0.4, 0.5) is 10.5 Å². The minimum atomic E-state index is -0.0763. The van der Waals surface area contributed by atoms with Gasteiger partial charge < -0.3 is 15.0 Å². The lowest BCUT2D eigenvalue weighted by molar-refractivity contribution is 0.220. The molecule has 2 aromatic carbocycles. The van der Waals surface area contributed by atoms with Gasteiger partial charge in [0.1, 0.15) is 12.4 Å². The van der Waals surface area contributed by atoms with Crippen molar-refractivity contribution in [2.75, 3.05) is 12.4 Å². The molecule has 5 heteroatoms. The number of nitriles is 1. The summed E-state index contributed by atoms with van der Waals surface area (Å²) in [6.45, 7) is 2.33. The quantitative estimate of drug-likeness (QED) is 0.895. The third-order valence-electron chi connectivity index (χ3n) is 4.32. The van der Waals surface area contributed by atoms with Crippen molar-refractivity contribution in [2.45, 2.75) is 32.4 Å². The minimum absolute atomic E-state index is 0.0763. The van der Waals surface area contributed by atoms with Gasteiger partial charge in [-0.15, -0.1) is 0 Å². The number of benzene rings is 2. The lowest BCUT2D eigenvalue weighted by atomic mass is 10.1. The number of hydrogen-bond acceptors (Lipinski definition) is 3. The second kappa shape index (κ2) is 7.27. The van der Waals surface area contributed by atoms with Crippen LogP contribution in [0.15, 0.2) is 42.5 Å². The van der Waals surface area contributed by atoms with Crippen LogP contribution in [-0.2, 0) is 6.61 Å². The van der Waals surface area contributed by atoms with E-state index in [-0.39, 0.29) is 6.03 Å². The number of anilines is 1. The molecule has 5 nitrogen and oxygen atoms in total. The highest BCUT2D eigenvalue weighted by molar-refractivity contribution is 5.90. The number of urea groups is 1. The lowest BCUT2D eigenvalue weighted by Gasteiger charge is -2.18. The van der Waals surface area contributed by atoms with E-state index >= 15 is 0 Å². The molecule has 0 saturated heterocycles. The molecule has 1 saturated carbocycles. The monoisotopic (exact) mass is 335 g/mol. The molecule has 0 atom stereocenters. The van der Waals surface area contributed by atoms with Gasteiger partial charge in [0.25, 0.3) is 0 Å². The first-order valence-electron chi connectivity index (χ1n) is 8.33. The lowest BCUT2D eigenvalue weighted by Crippen LogP contribution is -2.33. The number of nitrogens with zero attached hydrogens (tertiary/aromatic N) is 2. The van der Waals surface area contributed by atoms with Gasteiger partial charge in [-0.2, -0.15) is 5.26 Å². The van der Waals surface area contributed by atoms with Crippen LogP contribution < -0.4 is 10.1 Å². The van der Waals surface area contributed by atoms with E-state index in [2.05, 4.69) is 11.4 Å². The minimum Gasteiger partial charge on any atom is -0.489 e. The Balaban J connectivity index is 1.61. The van der Waals surface area contributed by atoms with Crippen LogP contribution in [0.5, 0.6) is 5.75 Å². The Morgan fingerprint density at radius 3 is 2.80 bits per heavy atom. The number of amides is 2. The average molecular weight is 335 g/mol.